The summed E-state index contributed by atoms with van der Waals surface area (Å²) in [6.07, 6.45) is 12.0. The quantitative estimate of drug-likeness (QED) is 0.754. The fourth-order valence-electron chi connectivity index (χ4n) is 3.08. The molecule has 8 heteroatoms. The van der Waals surface area contributed by atoms with E-state index in [0.717, 1.165) is 0 Å². The maximum Gasteiger partial charge on any atom is 0.222 e. The van der Waals surface area contributed by atoms with E-state index >= 15 is 0 Å². The molecule has 1 aromatic rings. The van der Waals surface area contributed by atoms with E-state index in [2.05, 4.69) is 26.5 Å². The first-order chi connectivity index (χ1) is 11.5. The Balaban J connectivity index is 1.43. The number of amides is 1. The summed E-state index contributed by atoms with van der Waals surface area (Å²) in [6.45, 7) is 1.51. The molecule has 0 bridgehead atoms. The predicted molar refractivity (Wildman–Crippen MR) is 85.7 cm³/mol. The topological polar surface area (TPSA) is 96.0 Å². The molecule has 0 atom stereocenters. The van der Waals surface area contributed by atoms with Crippen LogP contribution in [-0.2, 0) is 11.3 Å². The van der Waals surface area contributed by atoms with Gasteiger partial charge in [-0.15, -0.1) is 17.4 Å². The highest BCUT2D eigenvalue weighted by Gasteiger charge is 2.40. The van der Waals surface area contributed by atoms with Gasteiger partial charge in [0.25, 0.3) is 0 Å². The lowest BCUT2D eigenvalue weighted by molar-refractivity contribution is -0.136. The van der Waals surface area contributed by atoms with Crippen molar-refractivity contribution in [1.82, 2.24) is 19.9 Å². The van der Waals surface area contributed by atoms with Gasteiger partial charge >= 0.3 is 0 Å². The third-order valence-electron chi connectivity index (χ3n) is 4.77. The third kappa shape index (κ3) is 3.97. The van der Waals surface area contributed by atoms with Crippen molar-refractivity contribution in [2.75, 3.05) is 13.1 Å². The summed E-state index contributed by atoms with van der Waals surface area (Å²) in [4.78, 5) is 14.2. The van der Waals surface area contributed by atoms with E-state index in [1.807, 2.05) is 4.90 Å². The highest BCUT2D eigenvalue weighted by molar-refractivity contribution is 5.76. The molecule has 8 nitrogen and oxygen atoms in total. The number of terminal acetylenes is 1. The molecule has 3 rings (SSSR count). The van der Waals surface area contributed by atoms with Gasteiger partial charge in [-0.25, -0.2) is 4.68 Å². The summed E-state index contributed by atoms with van der Waals surface area (Å²) >= 11 is 0. The molecular weight excluding hydrogens is 308 g/mol. The molecule has 2 aliphatic heterocycles. The Morgan fingerprint density at radius 3 is 2.62 bits per heavy atom. The third-order valence-corrected chi connectivity index (χ3v) is 4.77. The molecule has 0 saturated carbocycles. The number of rotatable bonds is 7. The molecule has 1 amide bonds. The van der Waals surface area contributed by atoms with E-state index in [1.165, 1.54) is 0 Å². The minimum atomic E-state index is -0.834. The molecule has 1 N–H and O–H groups in total. The Labute approximate surface area is 140 Å². The number of carbonyl (C=O) groups excluding carboxylic acids is 1. The number of likely N-dealkylation sites (tertiary alicyclic amines) is 1. The Kier molecular flexibility index (Phi) is 4.62. The van der Waals surface area contributed by atoms with Crippen LogP contribution in [-0.4, -0.2) is 55.3 Å². The van der Waals surface area contributed by atoms with Gasteiger partial charge in [0.1, 0.15) is 0 Å². The summed E-state index contributed by atoms with van der Waals surface area (Å²) < 4.78 is 1.63. The van der Waals surface area contributed by atoms with E-state index in [1.54, 1.807) is 17.1 Å². The van der Waals surface area contributed by atoms with Gasteiger partial charge in [-0.1, -0.05) is 5.21 Å². The smallest absolute Gasteiger partial charge is 0.222 e. The van der Waals surface area contributed by atoms with Gasteiger partial charge < -0.3 is 10.0 Å². The average molecular weight is 330 g/mol. The lowest BCUT2D eigenvalue weighted by Gasteiger charge is -2.38. The van der Waals surface area contributed by atoms with Crippen LogP contribution in [0.1, 0.15) is 38.5 Å². The monoisotopic (exact) mass is 330 g/mol. The van der Waals surface area contributed by atoms with Crippen LogP contribution in [0, 0.1) is 12.3 Å². The molecule has 1 fully saturated rings. The number of hydrogen-bond acceptors (Lipinski definition) is 6. The summed E-state index contributed by atoms with van der Waals surface area (Å²) in [6, 6.07) is 0. The van der Waals surface area contributed by atoms with E-state index < -0.39 is 11.3 Å². The van der Waals surface area contributed by atoms with Gasteiger partial charge in [-0.3, -0.25) is 4.79 Å². The lowest BCUT2D eigenvalue weighted by atomic mass is 9.91. The van der Waals surface area contributed by atoms with E-state index in [0.29, 0.717) is 58.2 Å². The SMILES string of the molecule is C#CCCC1(CCC(=O)N2CCC(O)(Cn3ccnn3)CC2)N=N1. The largest absolute Gasteiger partial charge is 0.388 e. The zero-order valence-electron chi connectivity index (χ0n) is 13.6. The fourth-order valence-corrected chi connectivity index (χ4v) is 3.08. The number of piperidine rings is 1. The number of hydrogen-bond donors (Lipinski definition) is 1. The van der Waals surface area contributed by atoms with Gasteiger partial charge in [-0.05, 0) is 12.8 Å². The Hall–Kier alpha value is -2.27. The van der Waals surface area contributed by atoms with Crippen LogP contribution in [0.15, 0.2) is 22.6 Å². The highest BCUT2D eigenvalue weighted by atomic mass is 16.3. The zero-order valence-corrected chi connectivity index (χ0v) is 13.6. The standard InChI is InChI=1S/C16H22N6O2/c1-2-3-5-16(18-19-16)6-4-14(23)21-10-7-15(24,8-11-21)13-22-12-9-17-20-22/h1,9,12,24H,3-8,10-11,13H2. The van der Waals surface area contributed by atoms with Gasteiger partial charge in [-0.2, -0.15) is 10.2 Å². The molecule has 0 spiro atoms. The van der Waals surface area contributed by atoms with Crippen molar-refractivity contribution in [3.63, 3.8) is 0 Å². The maximum atomic E-state index is 12.4. The van der Waals surface area contributed by atoms with Crippen molar-refractivity contribution in [3.8, 4) is 12.3 Å². The number of carbonyl (C=O) groups is 1. The second-order valence-corrected chi connectivity index (χ2v) is 6.59. The molecule has 0 unspecified atom stereocenters. The van der Waals surface area contributed by atoms with E-state index in [9.17, 15) is 9.90 Å². The highest BCUT2D eigenvalue weighted by Crippen LogP contribution is 2.38. The molecule has 1 aromatic heterocycles. The first kappa shape index (κ1) is 16.6. The lowest BCUT2D eigenvalue weighted by Crippen LogP contribution is -2.48. The van der Waals surface area contributed by atoms with Crippen LogP contribution in [0.4, 0.5) is 0 Å². The van der Waals surface area contributed by atoms with Gasteiger partial charge in [0.15, 0.2) is 5.66 Å². The molecule has 3 heterocycles. The van der Waals surface area contributed by atoms with Crippen molar-refractivity contribution in [3.05, 3.63) is 12.4 Å². The van der Waals surface area contributed by atoms with Crippen molar-refractivity contribution in [2.24, 2.45) is 10.2 Å². The molecule has 1 saturated heterocycles. The molecular formula is C16H22N6O2. The first-order valence-electron chi connectivity index (χ1n) is 8.26. The average Bonchev–Trinajstić information content (AvgIpc) is 3.18. The minimum Gasteiger partial charge on any atom is -0.388 e. The van der Waals surface area contributed by atoms with Crippen LogP contribution < -0.4 is 0 Å². The normalized spacial score (nSPS) is 20.6. The van der Waals surface area contributed by atoms with Crippen molar-refractivity contribution >= 4 is 5.91 Å². The van der Waals surface area contributed by atoms with Crippen LogP contribution in [0.3, 0.4) is 0 Å². The minimum absolute atomic E-state index is 0.0928. The summed E-state index contributed by atoms with van der Waals surface area (Å²) in [7, 11) is 0. The molecule has 0 aromatic carbocycles. The van der Waals surface area contributed by atoms with Crippen LogP contribution in [0.25, 0.3) is 0 Å². The second kappa shape index (κ2) is 6.69. The second-order valence-electron chi connectivity index (χ2n) is 6.59. The summed E-state index contributed by atoms with van der Waals surface area (Å²) in [5.74, 6) is 2.68. The Morgan fingerprint density at radius 1 is 1.29 bits per heavy atom. The van der Waals surface area contributed by atoms with Crippen molar-refractivity contribution in [1.29, 1.82) is 0 Å². The van der Waals surface area contributed by atoms with Crippen molar-refractivity contribution < 1.29 is 9.90 Å². The van der Waals surface area contributed by atoms with Crippen molar-refractivity contribution in [2.45, 2.75) is 56.3 Å². The fraction of sp³-hybridized carbons (Fsp3) is 0.688. The van der Waals surface area contributed by atoms with Crippen LogP contribution in [0.2, 0.25) is 0 Å². The van der Waals surface area contributed by atoms with E-state index in [-0.39, 0.29) is 5.91 Å². The number of aromatic nitrogens is 3. The van der Waals surface area contributed by atoms with Gasteiger partial charge in [0.05, 0.1) is 18.3 Å². The maximum absolute atomic E-state index is 12.4. The number of aliphatic hydroxyl groups is 1. The first-order valence-corrected chi connectivity index (χ1v) is 8.26. The van der Waals surface area contributed by atoms with E-state index in [4.69, 9.17) is 6.42 Å². The van der Waals surface area contributed by atoms with Gasteiger partial charge in [0.2, 0.25) is 5.91 Å². The molecule has 24 heavy (non-hydrogen) atoms. The molecule has 0 aliphatic carbocycles. The zero-order chi connectivity index (χ0) is 17.0. The van der Waals surface area contributed by atoms with Crippen LogP contribution >= 0.6 is 0 Å². The summed E-state index contributed by atoms with van der Waals surface area (Å²) in [5.41, 5.74) is -1.24. The Morgan fingerprint density at radius 2 is 2.04 bits per heavy atom. The predicted octanol–water partition coefficient (Wildman–Crippen LogP) is 0.987. The molecule has 128 valence electrons. The molecule has 0 radical (unpaired) electrons. The number of nitrogens with zero attached hydrogens (tertiary/aromatic N) is 6. The Bertz CT molecular complexity index is 634. The molecule has 2 aliphatic rings. The summed E-state index contributed by atoms with van der Waals surface area (Å²) in [5, 5.41) is 26.4. The van der Waals surface area contributed by atoms with Gasteiger partial charge in [0, 0.05) is 45.0 Å². The van der Waals surface area contributed by atoms with Crippen LogP contribution in [0.5, 0.6) is 0 Å².